The van der Waals surface area contributed by atoms with Crippen LogP contribution >= 0.6 is 11.8 Å². The van der Waals surface area contributed by atoms with Crippen molar-refractivity contribution in [2.75, 3.05) is 11.1 Å². The molecule has 0 unspecified atom stereocenters. The highest BCUT2D eigenvalue weighted by Gasteiger charge is 2.15. The molecule has 0 aliphatic heterocycles. The Kier molecular flexibility index (Phi) is 5.49. The summed E-state index contributed by atoms with van der Waals surface area (Å²) in [5, 5.41) is 2.24. The van der Waals surface area contributed by atoms with Crippen LogP contribution in [0.15, 0.2) is 36.4 Å². The molecule has 116 valence electrons. The van der Waals surface area contributed by atoms with Crippen molar-refractivity contribution in [3.8, 4) is 0 Å². The number of benzene rings is 2. The SMILES string of the molecule is Cc1ccccc1CSCC(=O)Nc1ccc(F)c(F)c1F. The van der Waals surface area contributed by atoms with Gasteiger partial charge in [-0.2, -0.15) is 0 Å². The minimum atomic E-state index is -1.59. The molecular formula is C16H14F3NOS. The van der Waals surface area contributed by atoms with E-state index in [1.165, 1.54) is 11.8 Å². The number of thioether (sulfide) groups is 1. The lowest BCUT2D eigenvalue weighted by atomic mass is 10.1. The molecule has 0 bridgehead atoms. The normalized spacial score (nSPS) is 10.5. The summed E-state index contributed by atoms with van der Waals surface area (Å²) in [4.78, 5) is 11.7. The topological polar surface area (TPSA) is 29.1 Å². The van der Waals surface area contributed by atoms with Crippen molar-refractivity contribution in [3.05, 3.63) is 65.0 Å². The number of aryl methyl sites for hydroxylation is 1. The number of halogens is 3. The van der Waals surface area contributed by atoms with E-state index in [0.717, 1.165) is 23.3 Å². The third-order valence-corrected chi connectivity index (χ3v) is 4.04. The molecule has 0 heterocycles. The number of hydrogen-bond acceptors (Lipinski definition) is 2. The maximum absolute atomic E-state index is 13.4. The molecule has 0 saturated carbocycles. The molecule has 1 N–H and O–H groups in total. The molecule has 0 spiro atoms. The Morgan fingerprint density at radius 3 is 2.55 bits per heavy atom. The Balaban J connectivity index is 1.89. The van der Waals surface area contributed by atoms with Crippen LogP contribution in [0.5, 0.6) is 0 Å². The van der Waals surface area contributed by atoms with Crippen molar-refractivity contribution in [1.29, 1.82) is 0 Å². The number of nitrogens with one attached hydrogen (secondary N) is 1. The van der Waals surface area contributed by atoms with E-state index in [1.54, 1.807) is 0 Å². The van der Waals surface area contributed by atoms with Gasteiger partial charge in [0.05, 0.1) is 11.4 Å². The highest BCUT2D eigenvalue weighted by atomic mass is 32.2. The van der Waals surface area contributed by atoms with Crippen LogP contribution in [0.2, 0.25) is 0 Å². The second-order valence-corrected chi connectivity index (χ2v) is 5.68. The fraction of sp³-hybridized carbons (Fsp3) is 0.188. The first-order valence-corrected chi connectivity index (χ1v) is 7.70. The summed E-state index contributed by atoms with van der Waals surface area (Å²) in [6.45, 7) is 1.98. The van der Waals surface area contributed by atoms with Gasteiger partial charge in [-0.15, -0.1) is 11.8 Å². The van der Waals surface area contributed by atoms with E-state index in [-0.39, 0.29) is 11.4 Å². The average Bonchev–Trinajstić information content (AvgIpc) is 2.50. The summed E-state index contributed by atoms with van der Waals surface area (Å²) in [7, 11) is 0. The molecule has 0 saturated heterocycles. The zero-order valence-corrected chi connectivity index (χ0v) is 12.6. The first-order chi connectivity index (χ1) is 10.5. The molecule has 0 aromatic heterocycles. The van der Waals surface area contributed by atoms with Gasteiger partial charge in [0.25, 0.3) is 0 Å². The van der Waals surface area contributed by atoms with E-state index in [2.05, 4.69) is 5.32 Å². The van der Waals surface area contributed by atoms with Crippen LogP contribution in [0.4, 0.5) is 18.9 Å². The molecule has 0 atom stereocenters. The van der Waals surface area contributed by atoms with Gasteiger partial charge in [0.15, 0.2) is 17.5 Å². The van der Waals surface area contributed by atoms with Gasteiger partial charge in [-0.1, -0.05) is 24.3 Å². The fourth-order valence-electron chi connectivity index (χ4n) is 1.83. The number of carbonyl (C=O) groups excluding carboxylic acids is 1. The molecule has 2 aromatic rings. The zero-order valence-electron chi connectivity index (χ0n) is 11.8. The van der Waals surface area contributed by atoms with Crippen molar-refractivity contribution in [2.24, 2.45) is 0 Å². The Morgan fingerprint density at radius 1 is 1.09 bits per heavy atom. The molecule has 2 nitrogen and oxygen atoms in total. The first-order valence-electron chi connectivity index (χ1n) is 6.54. The number of amides is 1. The Labute approximate surface area is 130 Å². The van der Waals surface area contributed by atoms with E-state index in [9.17, 15) is 18.0 Å². The van der Waals surface area contributed by atoms with Crippen molar-refractivity contribution in [1.82, 2.24) is 0 Å². The zero-order chi connectivity index (χ0) is 16.1. The van der Waals surface area contributed by atoms with Gasteiger partial charge in [0, 0.05) is 5.75 Å². The molecule has 1 amide bonds. The molecule has 0 aliphatic rings. The Morgan fingerprint density at radius 2 is 1.82 bits per heavy atom. The third kappa shape index (κ3) is 4.04. The van der Waals surface area contributed by atoms with Gasteiger partial charge in [-0.3, -0.25) is 4.79 Å². The Bertz CT molecular complexity index is 691. The number of carbonyl (C=O) groups is 1. The van der Waals surface area contributed by atoms with Gasteiger partial charge >= 0.3 is 0 Å². The summed E-state index contributed by atoms with van der Waals surface area (Å²) < 4.78 is 39.3. The molecule has 6 heteroatoms. The molecular weight excluding hydrogens is 311 g/mol. The lowest BCUT2D eigenvalue weighted by Gasteiger charge is -2.08. The van der Waals surface area contributed by atoms with Gasteiger partial charge in [0.1, 0.15) is 0 Å². The fourth-order valence-corrected chi connectivity index (χ4v) is 2.74. The molecule has 0 aliphatic carbocycles. The lowest BCUT2D eigenvalue weighted by Crippen LogP contribution is -2.16. The monoisotopic (exact) mass is 325 g/mol. The second kappa shape index (κ2) is 7.35. The van der Waals surface area contributed by atoms with Crippen molar-refractivity contribution < 1.29 is 18.0 Å². The van der Waals surface area contributed by atoms with E-state index in [0.29, 0.717) is 5.75 Å². The standard InChI is InChI=1S/C16H14F3NOS/c1-10-4-2-3-5-11(10)8-22-9-14(21)20-13-7-6-12(17)15(18)16(13)19/h2-7H,8-9H2,1H3,(H,20,21). The number of hydrogen-bond donors (Lipinski definition) is 1. The molecule has 0 radical (unpaired) electrons. The van der Waals surface area contributed by atoms with Gasteiger partial charge < -0.3 is 5.32 Å². The van der Waals surface area contributed by atoms with E-state index < -0.39 is 23.4 Å². The van der Waals surface area contributed by atoms with Crippen molar-refractivity contribution in [3.63, 3.8) is 0 Å². The van der Waals surface area contributed by atoms with E-state index >= 15 is 0 Å². The molecule has 2 rings (SSSR count). The van der Waals surface area contributed by atoms with Crippen LogP contribution in [0.3, 0.4) is 0 Å². The lowest BCUT2D eigenvalue weighted by molar-refractivity contribution is -0.113. The van der Waals surface area contributed by atoms with Crippen LogP contribution in [0, 0.1) is 24.4 Å². The van der Waals surface area contributed by atoms with Crippen LogP contribution in [-0.4, -0.2) is 11.7 Å². The van der Waals surface area contributed by atoms with E-state index in [4.69, 9.17) is 0 Å². The smallest absolute Gasteiger partial charge is 0.234 e. The summed E-state index contributed by atoms with van der Waals surface area (Å²) in [6.07, 6.45) is 0. The van der Waals surface area contributed by atoms with Crippen LogP contribution in [0.25, 0.3) is 0 Å². The molecule has 22 heavy (non-hydrogen) atoms. The summed E-state index contributed by atoms with van der Waals surface area (Å²) in [6, 6.07) is 9.57. The molecule has 0 fully saturated rings. The first kappa shape index (κ1) is 16.4. The highest BCUT2D eigenvalue weighted by Crippen LogP contribution is 2.20. The van der Waals surface area contributed by atoms with E-state index in [1.807, 2.05) is 31.2 Å². The van der Waals surface area contributed by atoms with Crippen molar-refractivity contribution in [2.45, 2.75) is 12.7 Å². The summed E-state index contributed by atoms with van der Waals surface area (Å²) >= 11 is 1.36. The average molecular weight is 325 g/mol. The molecule has 2 aromatic carbocycles. The predicted octanol–water partition coefficient (Wildman–Crippen LogP) is 4.28. The van der Waals surface area contributed by atoms with Crippen LogP contribution < -0.4 is 5.32 Å². The highest BCUT2D eigenvalue weighted by molar-refractivity contribution is 7.99. The minimum Gasteiger partial charge on any atom is -0.323 e. The van der Waals surface area contributed by atoms with Crippen LogP contribution in [-0.2, 0) is 10.5 Å². The summed E-state index contributed by atoms with van der Waals surface area (Å²) in [5.74, 6) is -4.01. The largest absolute Gasteiger partial charge is 0.323 e. The van der Waals surface area contributed by atoms with Gasteiger partial charge in [0.2, 0.25) is 5.91 Å². The van der Waals surface area contributed by atoms with Crippen LogP contribution in [0.1, 0.15) is 11.1 Å². The Hall–Kier alpha value is -1.95. The number of anilines is 1. The maximum atomic E-state index is 13.4. The summed E-state index contributed by atoms with van der Waals surface area (Å²) in [5.41, 5.74) is 1.88. The minimum absolute atomic E-state index is 0.0900. The third-order valence-electron chi connectivity index (χ3n) is 3.06. The quantitative estimate of drug-likeness (QED) is 0.831. The maximum Gasteiger partial charge on any atom is 0.234 e. The van der Waals surface area contributed by atoms with Crippen molar-refractivity contribution >= 4 is 23.4 Å². The number of rotatable bonds is 5. The van der Waals surface area contributed by atoms with Gasteiger partial charge in [-0.05, 0) is 30.2 Å². The van der Waals surface area contributed by atoms with Gasteiger partial charge in [-0.25, -0.2) is 13.2 Å². The second-order valence-electron chi connectivity index (χ2n) is 4.69. The predicted molar refractivity (Wildman–Crippen MR) is 82.3 cm³/mol.